The monoisotopic (exact) mass is 339 g/mol. The Morgan fingerprint density at radius 3 is 2.56 bits per heavy atom. The highest BCUT2D eigenvalue weighted by Crippen LogP contribution is 2.14. The maximum Gasteiger partial charge on any atom is 0.315 e. The second-order valence-corrected chi connectivity index (χ2v) is 5.23. The quantitative estimate of drug-likeness (QED) is 0.684. The van der Waals surface area contributed by atoms with Crippen LogP contribution in [0.25, 0.3) is 5.69 Å². The Balaban J connectivity index is 1.66. The van der Waals surface area contributed by atoms with Gasteiger partial charge in [0.15, 0.2) is 0 Å². The van der Waals surface area contributed by atoms with E-state index >= 15 is 0 Å². The average Bonchev–Trinajstić information content (AvgIpc) is 3.25. The van der Waals surface area contributed by atoms with Gasteiger partial charge in [0.05, 0.1) is 23.8 Å². The fourth-order valence-electron chi connectivity index (χ4n) is 2.23. The number of rotatable bonds is 5. The highest BCUT2D eigenvalue weighted by atomic mass is 16.2. The molecular formula is C16H17N7O2. The number of pyridine rings is 1. The van der Waals surface area contributed by atoms with E-state index in [1.807, 2.05) is 6.92 Å². The molecule has 0 aliphatic heterocycles. The number of nitrogens with zero attached hydrogens (tertiary/aromatic N) is 5. The summed E-state index contributed by atoms with van der Waals surface area (Å²) in [5.41, 5.74) is 1.19. The summed E-state index contributed by atoms with van der Waals surface area (Å²) in [6.45, 7) is 2.77. The van der Waals surface area contributed by atoms with E-state index in [2.05, 4.69) is 25.8 Å². The Bertz CT molecular complexity index is 870. The molecule has 2 amide bonds. The molecule has 128 valence electrons. The van der Waals surface area contributed by atoms with Crippen molar-refractivity contribution in [3.8, 4) is 5.69 Å². The van der Waals surface area contributed by atoms with Crippen molar-refractivity contribution in [2.75, 3.05) is 10.6 Å². The average molecular weight is 339 g/mol. The molecule has 0 bridgehead atoms. The molecule has 9 nitrogen and oxygen atoms in total. The number of anilines is 2. The smallest absolute Gasteiger partial charge is 0.315 e. The first-order chi connectivity index (χ1) is 12.2. The van der Waals surface area contributed by atoms with Crippen molar-refractivity contribution in [2.24, 2.45) is 0 Å². The molecule has 0 saturated heterocycles. The summed E-state index contributed by atoms with van der Waals surface area (Å²) in [5.74, 6) is -1.19. The number of hydrogen-bond acceptors (Lipinski definition) is 5. The molecular weight excluding hydrogens is 322 g/mol. The van der Waals surface area contributed by atoms with Crippen molar-refractivity contribution in [1.29, 1.82) is 0 Å². The minimum absolute atomic E-state index is 0.382. The van der Waals surface area contributed by atoms with Crippen LogP contribution in [0.3, 0.4) is 0 Å². The summed E-state index contributed by atoms with van der Waals surface area (Å²) in [5, 5.41) is 13.3. The fourth-order valence-corrected chi connectivity index (χ4v) is 2.23. The van der Waals surface area contributed by atoms with Gasteiger partial charge in [-0.25, -0.2) is 4.68 Å². The molecule has 0 saturated carbocycles. The SMILES string of the molecule is CCCn1cc(NC(=O)C(=O)Nc2ccnn2-c2ccncc2)cn1. The van der Waals surface area contributed by atoms with Crippen LogP contribution in [0.4, 0.5) is 11.5 Å². The van der Waals surface area contributed by atoms with Gasteiger partial charge >= 0.3 is 11.8 Å². The van der Waals surface area contributed by atoms with Crippen LogP contribution in [-0.2, 0) is 16.1 Å². The fraction of sp³-hybridized carbons (Fsp3) is 0.188. The number of aryl methyl sites for hydroxylation is 1. The Labute approximate surface area is 143 Å². The van der Waals surface area contributed by atoms with Crippen LogP contribution in [0.15, 0.2) is 49.2 Å². The van der Waals surface area contributed by atoms with Gasteiger partial charge in [-0.2, -0.15) is 10.2 Å². The maximum absolute atomic E-state index is 12.1. The van der Waals surface area contributed by atoms with Gasteiger partial charge in [0.1, 0.15) is 5.82 Å². The highest BCUT2D eigenvalue weighted by molar-refractivity contribution is 6.43. The molecule has 0 aromatic carbocycles. The molecule has 3 heterocycles. The largest absolute Gasteiger partial charge is 0.315 e. The van der Waals surface area contributed by atoms with E-state index < -0.39 is 11.8 Å². The van der Waals surface area contributed by atoms with Crippen LogP contribution in [0.2, 0.25) is 0 Å². The molecule has 3 aromatic heterocycles. The molecule has 0 spiro atoms. The number of amides is 2. The summed E-state index contributed by atoms with van der Waals surface area (Å²) in [6.07, 6.45) is 8.86. The van der Waals surface area contributed by atoms with Gasteiger partial charge in [-0.1, -0.05) is 6.92 Å². The molecule has 0 atom stereocenters. The second kappa shape index (κ2) is 7.39. The van der Waals surface area contributed by atoms with Crippen molar-refractivity contribution in [3.05, 3.63) is 49.2 Å². The van der Waals surface area contributed by atoms with Gasteiger partial charge in [0, 0.05) is 31.2 Å². The third-order valence-electron chi connectivity index (χ3n) is 3.34. The second-order valence-electron chi connectivity index (χ2n) is 5.23. The van der Waals surface area contributed by atoms with E-state index in [9.17, 15) is 9.59 Å². The number of carbonyl (C=O) groups is 2. The number of aromatic nitrogens is 5. The van der Waals surface area contributed by atoms with E-state index in [1.54, 1.807) is 41.5 Å². The Hall–Kier alpha value is -3.49. The molecule has 25 heavy (non-hydrogen) atoms. The predicted molar refractivity (Wildman–Crippen MR) is 91.1 cm³/mol. The minimum Gasteiger partial charge on any atom is -0.315 e. The third-order valence-corrected chi connectivity index (χ3v) is 3.34. The van der Waals surface area contributed by atoms with E-state index in [4.69, 9.17) is 0 Å². The van der Waals surface area contributed by atoms with Crippen LogP contribution >= 0.6 is 0 Å². The first-order valence-corrected chi connectivity index (χ1v) is 7.76. The summed E-state index contributed by atoms with van der Waals surface area (Å²) in [6, 6.07) is 5.08. The van der Waals surface area contributed by atoms with Crippen molar-refractivity contribution in [1.82, 2.24) is 24.5 Å². The normalized spacial score (nSPS) is 10.4. The third kappa shape index (κ3) is 3.89. The van der Waals surface area contributed by atoms with Crippen LogP contribution in [-0.4, -0.2) is 36.4 Å². The molecule has 2 N–H and O–H groups in total. The van der Waals surface area contributed by atoms with Gasteiger partial charge in [-0.15, -0.1) is 0 Å². The Morgan fingerprint density at radius 2 is 1.80 bits per heavy atom. The lowest BCUT2D eigenvalue weighted by Gasteiger charge is -2.08. The summed E-state index contributed by atoms with van der Waals surface area (Å²) < 4.78 is 3.21. The van der Waals surface area contributed by atoms with Gasteiger partial charge in [-0.3, -0.25) is 19.3 Å². The van der Waals surface area contributed by atoms with E-state index in [0.29, 0.717) is 11.5 Å². The van der Waals surface area contributed by atoms with E-state index in [0.717, 1.165) is 18.7 Å². The lowest BCUT2D eigenvalue weighted by atomic mass is 10.4. The summed E-state index contributed by atoms with van der Waals surface area (Å²) in [7, 11) is 0. The molecule has 0 radical (unpaired) electrons. The zero-order chi connectivity index (χ0) is 17.6. The van der Waals surface area contributed by atoms with E-state index in [1.165, 1.54) is 17.1 Å². The zero-order valence-corrected chi connectivity index (χ0v) is 13.6. The standard InChI is InChI=1S/C16H17N7O2/c1-2-9-22-11-12(10-19-22)20-15(24)16(25)21-14-5-8-18-23(14)13-3-6-17-7-4-13/h3-8,10-11H,2,9H2,1H3,(H,20,24)(H,21,25). The van der Waals surface area contributed by atoms with Crippen LogP contribution in [0, 0.1) is 0 Å². The zero-order valence-electron chi connectivity index (χ0n) is 13.6. The molecule has 3 aromatic rings. The van der Waals surface area contributed by atoms with Gasteiger partial charge in [-0.05, 0) is 18.6 Å². The van der Waals surface area contributed by atoms with Crippen LogP contribution in [0.1, 0.15) is 13.3 Å². The van der Waals surface area contributed by atoms with Crippen molar-refractivity contribution >= 4 is 23.3 Å². The van der Waals surface area contributed by atoms with Crippen molar-refractivity contribution in [2.45, 2.75) is 19.9 Å². The number of nitrogens with one attached hydrogen (secondary N) is 2. The van der Waals surface area contributed by atoms with Gasteiger partial charge in [0.2, 0.25) is 0 Å². The lowest BCUT2D eigenvalue weighted by Crippen LogP contribution is -2.29. The summed E-state index contributed by atoms with van der Waals surface area (Å²) >= 11 is 0. The first kappa shape index (κ1) is 16.4. The number of carbonyl (C=O) groups excluding carboxylic acids is 2. The minimum atomic E-state index is -0.793. The lowest BCUT2D eigenvalue weighted by molar-refractivity contribution is -0.133. The Kier molecular flexibility index (Phi) is 4.84. The first-order valence-electron chi connectivity index (χ1n) is 7.76. The molecule has 0 aliphatic rings. The molecule has 0 fully saturated rings. The molecule has 3 rings (SSSR count). The highest BCUT2D eigenvalue weighted by Gasteiger charge is 2.17. The van der Waals surface area contributed by atoms with Crippen LogP contribution in [0.5, 0.6) is 0 Å². The Morgan fingerprint density at radius 1 is 1.04 bits per heavy atom. The van der Waals surface area contributed by atoms with Crippen LogP contribution < -0.4 is 10.6 Å². The molecule has 9 heteroatoms. The topological polar surface area (TPSA) is 107 Å². The van der Waals surface area contributed by atoms with Gasteiger partial charge < -0.3 is 10.6 Å². The molecule has 0 aliphatic carbocycles. The molecule has 0 unspecified atom stereocenters. The van der Waals surface area contributed by atoms with E-state index in [-0.39, 0.29) is 0 Å². The number of hydrogen-bond donors (Lipinski definition) is 2. The maximum atomic E-state index is 12.1. The van der Waals surface area contributed by atoms with Gasteiger partial charge in [0.25, 0.3) is 0 Å². The van der Waals surface area contributed by atoms with Crippen molar-refractivity contribution in [3.63, 3.8) is 0 Å². The summed E-state index contributed by atoms with van der Waals surface area (Å²) in [4.78, 5) is 28.1. The predicted octanol–water partition coefficient (Wildman–Crippen LogP) is 1.45. The van der Waals surface area contributed by atoms with Crippen molar-refractivity contribution < 1.29 is 9.59 Å².